The summed E-state index contributed by atoms with van der Waals surface area (Å²) in [5.74, 6) is 0. The van der Waals surface area contributed by atoms with Crippen LogP contribution in [0.2, 0.25) is 0 Å². The first-order chi connectivity index (χ1) is 6.27. The Balaban J connectivity index is 2.46. The number of aromatic nitrogens is 1. The molecule has 2 heteroatoms. The lowest BCUT2D eigenvalue weighted by molar-refractivity contribution is 0.175. The van der Waals surface area contributed by atoms with Crippen LogP contribution in [0.5, 0.6) is 0 Å². The average molecular weight is 175 g/mol. The van der Waals surface area contributed by atoms with Gasteiger partial charge in [-0.05, 0) is 24.4 Å². The summed E-state index contributed by atoms with van der Waals surface area (Å²) in [5, 5.41) is 10.5. The standard InChI is InChI=1S/C11H13NO/c1-9(13)8-12-7-6-10-4-2-3-5-11(10)12/h2-7,9,13H,8H2,1H3/t9-/m1/s1. The van der Waals surface area contributed by atoms with Gasteiger partial charge in [-0.2, -0.15) is 0 Å². The maximum atomic E-state index is 9.26. The van der Waals surface area contributed by atoms with Crippen LogP contribution in [-0.2, 0) is 6.54 Å². The third-order valence-electron chi connectivity index (χ3n) is 2.14. The minimum atomic E-state index is -0.296. The van der Waals surface area contributed by atoms with Gasteiger partial charge in [0, 0.05) is 18.3 Å². The van der Waals surface area contributed by atoms with Crippen molar-refractivity contribution in [3.63, 3.8) is 0 Å². The Hall–Kier alpha value is -1.28. The normalized spacial score (nSPS) is 13.4. The molecule has 0 aliphatic heterocycles. The minimum absolute atomic E-state index is 0.296. The van der Waals surface area contributed by atoms with E-state index >= 15 is 0 Å². The molecule has 1 aromatic heterocycles. The zero-order valence-electron chi connectivity index (χ0n) is 7.64. The molecular formula is C11H13NO. The summed E-state index contributed by atoms with van der Waals surface area (Å²) in [5.41, 5.74) is 1.18. The second-order valence-corrected chi connectivity index (χ2v) is 3.38. The van der Waals surface area contributed by atoms with Gasteiger partial charge in [-0.25, -0.2) is 0 Å². The van der Waals surface area contributed by atoms with Gasteiger partial charge < -0.3 is 9.67 Å². The maximum Gasteiger partial charge on any atom is 0.0691 e. The summed E-state index contributed by atoms with van der Waals surface area (Å²) in [4.78, 5) is 0. The summed E-state index contributed by atoms with van der Waals surface area (Å²) in [6, 6.07) is 10.2. The number of fused-ring (bicyclic) bond motifs is 1. The van der Waals surface area contributed by atoms with Gasteiger partial charge in [-0.1, -0.05) is 18.2 Å². The van der Waals surface area contributed by atoms with Crippen molar-refractivity contribution < 1.29 is 5.11 Å². The van der Waals surface area contributed by atoms with E-state index in [0.717, 1.165) is 0 Å². The number of rotatable bonds is 2. The lowest BCUT2D eigenvalue weighted by Crippen LogP contribution is -2.10. The largest absolute Gasteiger partial charge is 0.392 e. The van der Waals surface area contributed by atoms with Crippen LogP contribution in [0.25, 0.3) is 10.9 Å². The van der Waals surface area contributed by atoms with Gasteiger partial charge in [0.1, 0.15) is 0 Å². The second kappa shape index (κ2) is 3.23. The SMILES string of the molecule is C[C@@H](O)Cn1ccc2ccccc21. The Kier molecular flexibility index (Phi) is 2.07. The summed E-state index contributed by atoms with van der Waals surface area (Å²) in [7, 11) is 0. The molecule has 68 valence electrons. The minimum Gasteiger partial charge on any atom is -0.392 e. The molecule has 1 heterocycles. The fourth-order valence-electron chi connectivity index (χ4n) is 1.58. The van der Waals surface area contributed by atoms with Crippen LogP contribution in [0.3, 0.4) is 0 Å². The summed E-state index contributed by atoms with van der Waals surface area (Å²) in [6.07, 6.45) is 1.72. The summed E-state index contributed by atoms with van der Waals surface area (Å²) < 4.78 is 2.07. The molecule has 2 nitrogen and oxygen atoms in total. The average Bonchev–Trinajstić information content (AvgIpc) is 2.48. The van der Waals surface area contributed by atoms with E-state index in [1.807, 2.05) is 18.3 Å². The Morgan fingerprint density at radius 2 is 2.08 bits per heavy atom. The first kappa shape index (κ1) is 8.32. The zero-order valence-corrected chi connectivity index (χ0v) is 7.64. The van der Waals surface area contributed by atoms with Crippen molar-refractivity contribution in [3.05, 3.63) is 36.5 Å². The molecule has 1 N–H and O–H groups in total. The molecule has 1 atom stereocenters. The van der Waals surface area contributed by atoms with Crippen LogP contribution in [0.4, 0.5) is 0 Å². The highest BCUT2D eigenvalue weighted by molar-refractivity contribution is 5.79. The lowest BCUT2D eigenvalue weighted by Gasteiger charge is -2.06. The molecule has 0 saturated heterocycles. The van der Waals surface area contributed by atoms with Gasteiger partial charge in [-0.3, -0.25) is 0 Å². The van der Waals surface area contributed by atoms with Crippen LogP contribution in [-0.4, -0.2) is 15.8 Å². The third-order valence-corrected chi connectivity index (χ3v) is 2.14. The number of hydrogen-bond acceptors (Lipinski definition) is 1. The molecule has 1 aromatic carbocycles. The number of aliphatic hydroxyl groups is 1. The zero-order chi connectivity index (χ0) is 9.26. The van der Waals surface area contributed by atoms with Gasteiger partial charge in [0.25, 0.3) is 0 Å². The second-order valence-electron chi connectivity index (χ2n) is 3.38. The summed E-state index contributed by atoms with van der Waals surface area (Å²) >= 11 is 0. The molecule has 2 rings (SSSR count). The first-order valence-electron chi connectivity index (χ1n) is 4.49. The van der Waals surface area contributed by atoms with Crippen molar-refractivity contribution in [2.45, 2.75) is 19.6 Å². The molecule has 0 unspecified atom stereocenters. The molecule has 0 aliphatic carbocycles. The number of para-hydroxylation sites is 1. The van der Waals surface area contributed by atoms with E-state index in [1.165, 1.54) is 10.9 Å². The van der Waals surface area contributed by atoms with E-state index in [2.05, 4.69) is 22.8 Å². The third kappa shape index (κ3) is 1.58. The highest BCUT2D eigenvalue weighted by atomic mass is 16.3. The number of benzene rings is 1. The van der Waals surface area contributed by atoms with Crippen molar-refractivity contribution in [3.8, 4) is 0 Å². The molecule has 13 heavy (non-hydrogen) atoms. The maximum absolute atomic E-state index is 9.26. The van der Waals surface area contributed by atoms with Gasteiger partial charge in [-0.15, -0.1) is 0 Å². The van der Waals surface area contributed by atoms with E-state index in [0.29, 0.717) is 6.54 Å². The molecule has 0 amide bonds. The van der Waals surface area contributed by atoms with Crippen LogP contribution in [0, 0.1) is 0 Å². The van der Waals surface area contributed by atoms with Crippen LogP contribution >= 0.6 is 0 Å². The van der Waals surface area contributed by atoms with Gasteiger partial charge in [0.2, 0.25) is 0 Å². The Morgan fingerprint density at radius 3 is 2.85 bits per heavy atom. The van der Waals surface area contributed by atoms with Crippen LogP contribution in [0.15, 0.2) is 36.5 Å². The quantitative estimate of drug-likeness (QED) is 0.742. The van der Waals surface area contributed by atoms with Crippen molar-refractivity contribution in [1.29, 1.82) is 0 Å². The number of aliphatic hydroxyl groups excluding tert-OH is 1. The molecule has 0 bridgehead atoms. The van der Waals surface area contributed by atoms with E-state index in [9.17, 15) is 5.11 Å². The molecule has 2 aromatic rings. The number of nitrogens with zero attached hydrogens (tertiary/aromatic N) is 1. The molecule has 0 spiro atoms. The fourth-order valence-corrected chi connectivity index (χ4v) is 1.58. The van der Waals surface area contributed by atoms with Crippen LogP contribution in [0.1, 0.15) is 6.92 Å². The molecule has 0 fully saturated rings. The van der Waals surface area contributed by atoms with E-state index < -0.39 is 0 Å². The van der Waals surface area contributed by atoms with Crippen LogP contribution < -0.4 is 0 Å². The van der Waals surface area contributed by atoms with Gasteiger partial charge in [0.05, 0.1) is 6.10 Å². The predicted octanol–water partition coefficient (Wildman–Crippen LogP) is 2.02. The monoisotopic (exact) mass is 175 g/mol. The van der Waals surface area contributed by atoms with Crippen molar-refractivity contribution in [1.82, 2.24) is 4.57 Å². The smallest absolute Gasteiger partial charge is 0.0691 e. The highest BCUT2D eigenvalue weighted by Crippen LogP contribution is 2.15. The Labute approximate surface area is 77.4 Å². The highest BCUT2D eigenvalue weighted by Gasteiger charge is 2.01. The van der Waals surface area contributed by atoms with Crippen molar-refractivity contribution in [2.75, 3.05) is 0 Å². The fraction of sp³-hybridized carbons (Fsp3) is 0.273. The van der Waals surface area contributed by atoms with Crippen molar-refractivity contribution >= 4 is 10.9 Å². The summed E-state index contributed by atoms with van der Waals surface area (Å²) in [6.45, 7) is 2.46. The molecule has 0 saturated carbocycles. The first-order valence-corrected chi connectivity index (χ1v) is 4.49. The molecular weight excluding hydrogens is 162 g/mol. The topological polar surface area (TPSA) is 25.2 Å². The Morgan fingerprint density at radius 1 is 1.31 bits per heavy atom. The van der Waals surface area contributed by atoms with Gasteiger partial charge in [0.15, 0.2) is 0 Å². The predicted molar refractivity (Wildman–Crippen MR) is 53.6 cm³/mol. The van der Waals surface area contributed by atoms with Crippen molar-refractivity contribution in [2.24, 2.45) is 0 Å². The van der Waals surface area contributed by atoms with E-state index in [4.69, 9.17) is 0 Å². The number of hydrogen-bond donors (Lipinski definition) is 1. The molecule has 0 radical (unpaired) electrons. The van der Waals surface area contributed by atoms with Gasteiger partial charge >= 0.3 is 0 Å². The lowest BCUT2D eigenvalue weighted by atomic mass is 10.2. The molecule has 0 aliphatic rings. The van der Waals surface area contributed by atoms with E-state index in [-0.39, 0.29) is 6.10 Å². The van der Waals surface area contributed by atoms with E-state index in [1.54, 1.807) is 6.92 Å². The Bertz CT molecular complexity index is 403.